The number of nitrogens with one attached hydrogen (secondary N) is 1. The van der Waals surface area contributed by atoms with Crippen molar-refractivity contribution in [2.75, 3.05) is 27.4 Å². The first kappa shape index (κ1) is 23.6. The van der Waals surface area contributed by atoms with Crippen LogP contribution in [0.3, 0.4) is 0 Å². The summed E-state index contributed by atoms with van der Waals surface area (Å²) in [5.74, 6) is 3.77. The summed E-state index contributed by atoms with van der Waals surface area (Å²) < 4.78 is 16.1. The molecule has 0 bridgehead atoms. The van der Waals surface area contributed by atoms with Crippen LogP contribution in [0.15, 0.2) is 42.7 Å². The van der Waals surface area contributed by atoms with Crippen LogP contribution in [0, 0.1) is 11.3 Å². The summed E-state index contributed by atoms with van der Waals surface area (Å²) in [6.45, 7) is 0.592. The average Bonchev–Trinajstić information content (AvgIpc) is 2.83. The molecule has 1 amide bonds. The van der Waals surface area contributed by atoms with Crippen molar-refractivity contribution >= 4 is 23.1 Å². The van der Waals surface area contributed by atoms with Crippen LogP contribution >= 0.6 is 11.6 Å². The van der Waals surface area contributed by atoms with Crippen LogP contribution < -0.4 is 14.8 Å². The van der Waals surface area contributed by atoms with Gasteiger partial charge in [-0.1, -0.05) is 24.3 Å². The minimum Gasteiger partial charge on any atom is -0.493 e. The molecule has 0 aliphatic heterocycles. The molecule has 168 valence electrons. The SMILES string of the molecule is COc1ccc(CCNC(=O)/C(=C\OCC#CCl)c2ccc3c(c2)CCCC3)cc1OC. The standard InChI is InChI=1S/C26H28ClNO4/c1-30-24-11-8-19(16-25(24)31-2)12-14-28-26(29)23(18-32-15-5-13-27)22-10-9-20-6-3-4-7-21(20)17-22/h8-11,16-18H,3-4,6-7,12,14-15H2,1-2H3,(H,28,29)/b23-18-. The summed E-state index contributed by atoms with van der Waals surface area (Å²) in [6, 6.07) is 11.9. The lowest BCUT2D eigenvalue weighted by Gasteiger charge is -2.17. The molecule has 32 heavy (non-hydrogen) atoms. The summed E-state index contributed by atoms with van der Waals surface area (Å²) in [5.41, 5.74) is 5.02. The zero-order valence-corrected chi connectivity index (χ0v) is 19.3. The van der Waals surface area contributed by atoms with Gasteiger partial charge in [-0.05, 0) is 84.0 Å². The Morgan fingerprint density at radius 2 is 1.84 bits per heavy atom. The van der Waals surface area contributed by atoms with E-state index in [2.05, 4.69) is 28.7 Å². The van der Waals surface area contributed by atoms with Gasteiger partial charge in [-0.2, -0.15) is 0 Å². The number of halogens is 1. The van der Waals surface area contributed by atoms with Crippen LogP contribution in [0.2, 0.25) is 0 Å². The molecule has 0 heterocycles. The molecule has 0 spiro atoms. The quantitative estimate of drug-likeness (QED) is 0.263. The molecule has 0 fully saturated rings. The van der Waals surface area contributed by atoms with Crippen molar-refractivity contribution in [3.8, 4) is 22.8 Å². The first-order valence-corrected chi connectivity index (χ1v) is 11.1. The van der Waals surface area contributed by atoms with Crippen molar-refractivity contribution in [1.82, 2.24) is 5.32 Å². The van der Waals surface area contributed by atoms with Crippen molar-refractivity contribution in [2.24, 2.45) is 0 Å². The number of fused-ring (bicyclic) bond motifs is 1. The fourth-order valence-electron chi connectivity index (χ4n) is 3.80. The predicted molar refractivity (Wildman–Crippen MR) is 127 cm³/mol. The highest BCUT2D eigenvalue weighted by atomic mass is 35.5. The Hall–Kier alpha value is -3.10. The van der Waals surface area contributed by atoms with E-state index in [1.54, 1.807) is 14.2 Å². The van der Waals surface area contributed by atoms with E-state index in [4.69, 9.17) is 25.8 Å². The largest absolute Gasteiger partial charge is 0.493 e. The number of methoxy groups -OCH3 is 2. The minimum absolute atomic E-state index is 0.122. The molecule has 6 heteroatoms. The maximum absolute atomic E-state index is 13.0. The van der Waals surface area contributed by atoms with E-state index in [9.17, 15) is 4.79 Å². The van der Waals surface area contributed by atoms with E-state index in [1.165, 1.54) is 30.2 Å². The molecule has 2 aromatic rings. The molecule has 3 rings (SSSR count). The first-order valence-electron chi connectivity index (χ1n) is 10.7. The Bertz CT molecular complexity index is 1040. The predicted octanol–water partition coefficient (Wildman–Crippen LogP) is 4.50. The normalized spacial score (nSPS) is 12.8. The lowest BCUT2D eigenvalue weighted by Crippen LogP contribution is -2.27. The van der Waals surface area contributed by atoms with E-state index in [0.717, 1.165) is 24.0 Å². The number of ether oxygens (including phenoxy) is 3. The van der Waals surface area contributed by atoms with Gasteiger partial charge >= 0.3 is 0 Å². The van der Waals surface area contributed by atoms with Crippen molar-refractivity contribution < 1.29 is 19.0 Å². The highest BCUT2D eigenvalue weighted by Crippen LogP contribution is 2.28. The number of benzene rings is 2. The monoisotopic (exact) mass is 453 g/mol. The van der Waals surface area contributed by atoms with E-state index in [0.29, 0.717) is 30.0 Å². The Morgan fingerprint density at radius 1 is 1.06 bits per heavy atom. The lowest BCUT2D eigenvalue weighted by molar-refractivity contribution is -0.115. The molecule has 0 radical (unpaired) electrons. The number of aryl methyl sites for hydroxylation is 2. The fourth-order valence-corrected chi connectivity index (χ4v) is 3.85. The summed E-state index contributed by atoms with van der Waals surface area (Å²) >= 11 is 5.39. The Labute approximate surface area is 194 Å². The topological polar surface area (TPSA) is 56.8 Å². The van der Waals surface area contributed by atoms with Gasteiger partial charge in [0.25, 0.3) is 5.91 Å². The fraction of sp³-hybridized carbons (Fsp3) is 0.346. The van der Waals surface area contributed by atoms with Gasteiger partial charge in [-0.3, -0.25) is 4.79 Å². The van der Waals surface area contributed by atoms with Crippen LogP contribution in [0.4, 0.5) is 0 Å². The maximum Gasteiger partial charge on any atom is 0.255 e. The molecule has 0 aromatic heterocycles. The smallest absolute Gasteiger partial charge is 0.255 e. The molecular weight excluding hydrogens is 426 g/mol. The van der Waals surface area contributed by atoms with Gasteiger partial charge in [-0.25, -0.2) is 0 Å². The summed E-state index contributed by atoms with van der Waals surface area (Å²) in [5, 5.41) is 5.26. The third kappa shape index (κ3) is 6.21. The number of hydrogen-bond donors (Lipinski definition) is 1. The minimum atomic E-state index is -0.194. The van der Waals surface area contributed by atoms with Gasteiger partial charge in [0.15, 0.2) is 11.5 Å². The zero-order valence-electron chi connectivity index (χ0n) is 18.5. The summed E-state index contributed by atoms with van der Waals surface area (Å²) in [7, 11) is 3.21. The van der Waals surface area contributed by atoms with Crippen LogP contribution in [0.5, 0.6) is 11.5 Å². The number of rotatable bonds is 9. The number of carbonyl (C=O) groups excluding carboxylic acids is 1. The molecule has 0 unspecified atom stereocenters. The second-order valence-corrected chi connectivity index (χ2v) is 7.69. The molecule has 1 N–H and O–H groups in total. The number of carbonyl (C=O) groups is 1. The van der Waals surface area contributed by atoms with Gasteiger partial charge in [0.05, 0.1) is 26.1 Å². The van der Waals surface area contributed by atoms with E-state index in [1.807, 2.05) is 24.3 Å². The van der Waals surface area contributed by atoms with Crippen molar-refractivity contribution in [3.63, 3.8) is 0 Å². The van der Waals surface area contributed by atoms with Crippen molar-refractivity contribution in [3.05, 3.63) is 64.9 Å². The Morgan fingerprint density at radius 3 is 2.59 bits per heavy atom. The highest BCUT2D eigenvalue weighted by molar-refractivity contribution is 6.30. The zero-order chi connectivity index (χ0) is 22.8. The van der Waals surface area contributed by atoms with Crippen molar-refractivity contribution in [1.29, 1.82) is 0 Å². The Kier molecular flexibility index (Phi) is 8.89. The van der Waals surface area contributed by atoms with Gasteiger partial charge in [0.2, 0.25) is 0 Å². The molecule has 0 atom stereocenters. The maximum atomic E-state index is 13.0. The molecule has 5 nitrogen and oxygen atoms in total. The van der Waals surface area contributed by atoms with Crippen LogP contribution in [0.25, 0.3) is 5.57 Å². The Balaban J connectivity index is 1.70. The molecule has 1 aliphatic rings. The van der Waals surface area contributed by atoms with Gasteiger partial charge in [0.1, 0.15) is 6.61 Å². The van der Waals surface area contributed by atoms with Crippen LogP contribution in [0.1, 0.15) is 35.1 Å². The van der Waals surface area contributed by atoms with Gasteiger partial charge in [-0.15, -0.1) is 0 Å². The first-order chi connectivity index (χ1) is 15.7. The molecule has 2 aromatic carbocycles. The second kappa shape index (κ2) is 12.1. The van der Waals surface area contributed by atoms with Crippen molar-refractivity contribution in [2.45, 2.75) is 32.1 Å². The van der Waals surface area contributed by atoms with E-state index in [-0.39, 0.29) is 12.5 Å². The van der Waals surface area contributed by atoms with Gasteiger partial charge in [0, 0.05) is 11.9 Å². The molecule has 1 aliphatic carbocycles. The van der Waals surface area contributed by atoms with Gasteiger partial charge < -0.3 is 19.5 Å². The average molecular weight is 454 g/mol. The van der Waals surface area contributed by atoms with Crippen LogP contribution in [-0.4, -0.2) is 33.3 Å². The second-order valence-electron chi connectivity index (χ2n) is 7.50. The third-order valence-electron chi connectivity index (χ3n) is 5.47. The molecular formula is C26H28ClNO4. The molecule has 0 saturated heterocycles. The number of amides is 1. The molecule has 0 saturated carbocycles. The van der Waals surface area contributed by atoms with Crippen LogP contribution in [-0.2, 0) is 28.8 Å². The van der Waals surface area contributed by atoms with E-state index >= 15 is 0 Å². The highest BCUT2D eigenvalue weighted by Gasteiger charge is 2.16. The summed E-state index contributed by atoms with van der Waals surface area (Å²) in [4.78, 5) is 13.0. The summed E-state index contributed by atoms with van der Waals surface area (Å²) in [6.07, 6.45) is 6.64. The van der Waals surface area contributed by atoms with E-state index < -0.39 is 0 Å². The third-order valence-corrected chi connectivity index (χ3v) is 5.61. The number of hydrogen-bond acceptors (Lipinski definition) is 4. The lowest BCUT2D eigenvalue weighted by atomic mass is 9.89.